The molecule has 4 atom stereocenters. The van der Waals surface area contributed by atoms with Crippen LogP contribution < -0.4 is 10.6 Å². The number of nitrogens with zero attached hydrogens (tertiary/aromatic N) is 2. The molecule has 0 aliphatic heterocycles. The Labute approximate surface area is 202 Å². The van der Waals surface area contributed by atoms with Crippen LogP contribution in [0.4, 0.5) is 5.69 Å². The number of likely N-dealkylation sites (N-methyl/N-ethyl adjacent to an activating group) is 1. The number of aliphatic hydroxyl groups excluding tert-OH is 2. The van der Waals surface area contributed by atoms with Gasteiger partial charge in [-0.25, -0.2) is 0 Å². The topological polar surface area (TPSA) is 165 Å². The Kier molecular flexibility index (Phi) is 5.57. The Balaban J connectivity index is 2.02. The number of amides is 1. The summed E-state index contributed by atoms with van der Waals surface area (Å²) < 4.78 is 0. The molecule has 3 aliphatic carbocycles. The van der Waals surface area contributed by atoms with E-state index in [1.807, 2.05) is 4.90 Å². The lowest BCUT2D eigenvalue weighted by Crippen LogP contribution is -2.65. The zero-order valence-electron chi connectivity index (χ0n) is 20.0. The molecule has 0 saturated heterocycles. The second-order valence-corrected chi connectivity index (χ2v) is 9.75. The lowest BCUT2D eigenvalue weighted by atomic mass is 9.57. The molecule has 1 fully saturated rings. The maximum absolute atomic E-state index is 13.8. The molecule has 10 nitrogen and oxygen atoms in total. The molecule has 1 aromatic rings. The molecule has 0 bridgehead atoms. The average Bonchev–Trinajstić information content (AvgIpc) is 2.75. The molecule has 186 valence electrons. The Morgan fingerprint density at radius 2 is 1.83 bits per heavy atom. The van der Waals surface area contributed by atoms with E-state index in [9.17, 15) is 34.8 Å². The van der Waals surface area contributed by atoms with Gasteiger partial charge in [-0.15, -0.1) is 0 Å². The van der Waals surface area contributed by atoms with Gasteiger partial charge in [0.25, 0.3) is 5.91 Å². The third-order valence-corrected chi connectivity index (χ3v) is 7.43. The van der Waals surface area contributed by atoms with Crippen LogP contribution in [0.25, 0.3) is 11.8 Å². The van der Waals surface area contributed by atoms with E-state index in [4.69, 9.17) is 5.73 Å². The lowest BCUT2D eigenvalue weighted by Gasteiger charge is -2.50. The summed E-state index contributed by atoms with van der Waals surface area (Å²) in [6.45, 7) is 3.69. The maximum atomic E-state index is 13.8. The number of hydrogen-bond donors (Lipinski definition) is 5. The second-order valence-electron chi connectivity index (χ2n) is 9.75. The summed E-state index contributed by atoms with van der Waals surface area (Å²) in [6.07, 6.45) is 1.69. The van der Waals surface area contributed by atoms with Crippen molar-refractivity contribution in [2.24, 2.45) is 17.6 Å². The van der Waals surface area contributed by atoms with Gasteiger partial charge in [0.05, 0.1) is 11.6 Å². The van der Waals surface area contributed by atoms with Crippen LogP contribution >= 0.6 is 0 Å². The van der Waals surface area contributed by atoms with Crippen LogP contribution in [-0.2, 0) is 20.8 Å². The van der Waals surface area contributed by atoms with Crippen molar-refractivity contribution in [2.45, 2.75) is 24.5 Å². The van der Waals surface area contributed by atoms with E-state index >= 15 is 0 Å². The summed E-state index contributed by atoms with van der Waals surface area (Å²) in [7, 11) is 6.73. The highest BCUT2D eigenvalue weighted by Gasteiger charge is 2.64. The van der Waals surface area contributed by atoms with Gasteiger partial charge in [0, 0.05) is 36.8 Å². The lowest BCUT2D eigenvalue weighted by molar-refractivity contribution is -0.153. The fraction of sp³-hybridized carbons (Fsp3) is 0.400. The van der Waals surface area contributed by atoms with Crippen molar-refractivity contribution in [3.05, 3.63) is 46.2 Å². The van der Waals surface area contributed by atoms with Crippen LogP contribution in [0.5, 0.6) is 5.75 Å². The number of carbonyl (C=O) groups excluding carboxylic acids is 3. The molecule has 0 unspecified atom stereocenters. The number of rotatable bonds is 4. The van der Waals surface area contributed by atoms with Gasteiger partial charge in [-0.1, -0.05) is 12.7 Å². The highest BCUT2D eigenvalue weighted by atomic mass is 16.3. The number of ketones is 2. The zero-order chi connectivity index (χ0) is 26.1. The molecule has 10 heteroatoms. The van der Waals surface area contributed by atoms with Crippen molar-refractivity contribution in [3.8, 4) is 5.75 Å². The van der Waals surface area contributed by atoms with E-state index in [-0.39, 0.29) is 29.7 Å². The van der Waals surface area contributed by atoms with Crippen LogP contribution in [-0.4, -0.2) is 82.6 Å². The van der Waals surface area contributed by atoms with Gasteiger partial charge < -0.3 is 31.1 Å². The predicted molar refractivity (Wildman–Crippen MR) is 129 cm³/mol. The average molecular weight is 484 g/mol. The van der Waals surface area contributed by atoms with Gasteiger partial charge in [-0.3, -0.25) is 19.3 Å². The number of carbonyl (C=O) groups is 3. The minimum atomic E-state index is -2.65. The maximum Gasteiger partial charge on any atom is 0.255 e. The molecule has 1 aromatic carbocycles. The predicted octanol–water partition coefficient (Wildman–Crippen LogP) is 0.673. The van der Waals surface area contributed by atoms with Crippen molar-refractivity contribution in [1.82, 2.24) is 4.90 Å². The Hall–Kier alpha value is -3.63. The highest BCUT2D eigenvalue weighted by Crippen LogP contribution is 2.54. The number of primary amides is 1. The molecule has 0 spiro atoms. The van der Waals surface area contributed by atoms with Gasteiger partial charge in [0.1, 0.15) is 22.8 Å². The van der Waals surface area contributed by atoms with Crippen molar-refractivity contribution in [3.63, 3.8) is 0 Å². The smallest absolute Gasteiger partial charge is 0.255 e. The van der Waals surface area contributed by atoms with Crippen LogP contribution in [0.15, 0.2) is 29.6 Å². The van der Waals surface area contributed by atoms with Gasteiger partial charge in [-0.05, 0) is 44.5 Å². The van der Waals surface area contributed by atoms with E-state index in [0.29, 0.717) is 16.8 Å². The number of nitrogens with two attached hydrogens (primary N) is 1. The quantitative estimate of drug-likeness (QED) is 0.387. The highest BCUT2D eigenvalue weighted by molar-refractivity contribution is 6.24. The largest absolute Gasteiger partial charge is 0.508 e. The third kappa shape index (κ3) is 3.13. The van der Waals surface area contributed by atoms with Crippen LogP contribution in [0, 0.1) is 11.8 Å². The molecule has 4 rings (SSSR count). The molecule has 3 aliphatic rings. The number of aliphatic hydroxyl groups is 3. The van der Waals surface area contributed by atoms with E-state index in [1.54, 1.807) is 34.3 Å². The molecule has 35 heavy (non-hydrogen) atoms. The summed E-state index contributed by atoms with van der Waals surface area (Å²) in [5, 5.41) is 44.6. The van der Waals surface area contributed by atoms with Crippen molar-refractivity contribution in [2.75, 3.05) is 33.1 Å². The van der Waals surface area contributed by atoms with Crippen LogP contribution in [0.2, 0.25) is 0 Å². The Morgan fingerprint density at radius 1 is 1.20 bits per heavy atom. The minimum Gasteiger partial charge on any atom is -0.508 e. The molecule has 6 N–H and O–H groups in total. The first-order valence-electron chi connectivity index (χ1n) is 11.1. The molecule has 0 radical (unpaired) electrons. The number of benzene rings is 1. The number of phenols is 1. The first-order valence-corrected chi connectivity index (χ1v) is 11.1. The summed E-state index contributed by atoms with van der Waals surface area (Å²) in [6, 6.07) is 0.609. The van der Waals surface area contributed by atoms with Crippen molar-refractivity contribution in [1.29, 1.82) is 0 Å². The van der Waals surface area contributed by atoms with Crippen molar-refractivity contribution >= 4 is 35.0 Å². The summed E-state index contributed by atoms with van der Waals surface area (Å²) >= 11 is 0. The van der Waals surface area contributed by atoms with E-state index < -0.39 is 58.0 Å². The standard InChI is InChI=1S/C25H29N3O7/c1-6-10-9-14(27(2)3)12-7-11-8-13-18(28(4)5)21(31)17(24(26)34)23(33)25(13,35)22(32)15(11)20(30)16(12)19(10)29/h6,9,11,13,18,29-30,33,35H,1,7-8H2,2-5H3,(H2,26,34)/t11-,13-,18-,25-/m1/s1. The Morgan fingerprint density at radius 3 is 2.34 bits per heavy atom. The Bertz CT molecular complexity index is 1260. The van der Waals surface area contributed by atoms with Gasteiger partial charge in [-0.2, -0.15) is 0 Å². The number of phenolic OH excluding ortho intramolecular Hbond substituents is 1. The number of aromatic hydroxyl groups is 1. The molecule has 0 heterocycles. The van der Waals surface area contributed by atoms with Crippen LogP contribution in [0.1, 0.15) is 23.1 Å². The number of hydrogen-bond acceptors (Lipinski definition) is 9. The molecule has 1 saturated carbocycles. The van der Waals surface area contributed by atoms with Crippen LogP contribution in [0.3, 0.4) is 0 Å². The second kappa shape index (κ2) is 7.96. The van der Waals surface area contributed by atoms with E-state index in [0.717, 1.165) is 0 Å². The summed E-state index contributed by atoms with van der Waals surface area (Å²) in [5.41, 5.74) is 3.35. The molecular weight excluding hydrogens is 454 g/mol. The third-order valence-electron chi connectivity index (χ3n) is 7.43. The summed E-state index contributed by atoms with van der Waals surface area (Å²) in [4.78, 5) is 42.2. The first-order chi connectivity index (χ1) is 16.3. The monoisotopic (exact) mass is 483 g/mol. The molecule has 0 aromatic heterocycles. The fourth-order valence-corrected chi connectivity index (χ4v) is 5.87. The first kappa shape index (κ1) is 24.5. The number of anilines is 1. The van der Waals surface area contributed by atoms with Gasteiger partial charge >= 0.3 is 0 Å². The van der Waals surface area contributed by atoms with Gasteiger partial charge in [0.2, 0.25) is 5.78 Å². The zero-order valence-corrected chi connectivity index (χ0v) is 20.0. The van der Waals surface area contributed by atoms with Crippen molar-refractivity contribution < 1.29 is 34.8 Å². The van der Waals surface area contributed by atoms with E-state index in [1.165, 1.54) is 11.0 Å². The SMILES string of the molecule is C=Cc1cc(N(C)C)c2c(c1O)C(O)=C1C(=O)[C@@]3(O)C(O)=C(C(N)=O)C(=O)[C@H](N(C)C)[C@H]3C[C@H]1C2. The summed E-state index contributed by atoms with van der Waals surface area (Å²) in [5.74, 6) is -6.70. The fourth-order valence-electron chi connectivity index (χ4n) is 5.87. The minimum absolute atomic E-state index is 0.0439. The normalized spacial score (nSPS) is 28.0. The number of fused-ring (bicyclic) bond motifs is 3. The molecular formula is C25H29N3O7. The van der Waals surface area contributed by atoms with E-state index in [2.05, 4.69) is 6.58 Å². The van der Waals surface area contributed by atoms with Gasteiger partial charge in [0.15, 0.2) is 11.4 Å². The molecule has 1 amide bonds. The number of Topliss-reactive ketones (excluding diaryl/α,β-unsaturated/α-hetero) is 2.